The number of carbonyl (C=O) groups excluding carboxylic acids is 1. The molecule has 0 bridgehead atoms. The highest BCUT2D eigenvalue weighted by molar-refractivity contribution is 6.00. The number of hydrogen-bond donors (Lipinski definition) is 1. The highest BCUT2D eigenvalue weighted by Crippen LogP contribution is 2.36. The van der Waals surface area contributed by atoms with Crippen molar-refractivity contribution in [2.75, 3.05) is 26.7 Å². The van der Waals surface area contributed by atoms with E-state index in [1.165, 1.54) is 4.90 Å². The lowest BCUT2D eigenvalue weighted by atomic mass is 9.92. The quantitative estimate of drug-likeness (QED) is 0.455. The summed E-state index contributed by atoms with van der Waals surface area (Å²) < 4.78 is 9.86. The van der Waals surface area contributed by atoms with Gasteiger partial charge in [-0.3, -0.25) is 4.79 Å². The van der Waals surface area contributed by atoms with Crippen LogP contribution in [0, 0.1) is 5.92 Å². The predicted octanol–water partition coefficient (Wildman–Crippen LogP) is 3.83. The molecule has 192 valence electrons. The second-order valence-corrected chi connectivity index (χ2v) is 9.86. The first-order chi connectivity index (χ1) is 17.9. The van der Waals surface area contributed by atoms with Crippen LogP contribution in [-0.2, 0) is 13.6 Å². The van der Waals surface area contributed by atoms with Crippen molar-refractivity contribution < 1.29 is 19.4 Å². The average Bonchev–Trinajstić information content (AvgIpc) is 3.60. The summed E-state index contributed by atoms with van der Waals surface area (Å²) >= 11 is 0. The minimum atomic E-state index is -0.911. The highest BCUT2D eigenvalue weighted by atomic mass is 16.5. The molecule has 1 N–H and O–H groups in total. The third-order valence-corrected chi connectivity index (χ3v) is 8.00. The van der Waals surface area contributed by atoms with E-state index in [0.717, 1.165) is 47.5 Å². The van der Waals surface area contributed by atoms with Crippen molar-refractivity contribution in [3.8, 4) is 17.3 Å². The van der Waals surface area contributed by atoms with Gasteiger partial charge < -0.3 is 28.8 Å². The van der Waals surface area contributed by atoms with Gasteiger partial charge in [-0.05, 0) is 56.0 Å². The van der Waals surface area contributed by atoms with Crippen LogP contribution in [0.25, 0.3) is 33.6 Å². The minimum absolute atomic E-state index is 0.130. The second kappa shape index (κ2) is 8.79. The first-order valence-electron chi connectivity index (χ1n) is 12.7. The summed E-state index contributed by atoms with van der Waals surface area (Å²) in [6.07, 6.45) is 2.55. The standard InChI is InChI=1S/C27H30N6O4/c1-4-32-20(13-17-6-5-9-28-24(17)32)25-29-19-12-18(14-22(37-3)23(19)30(25)2)26(34)31-10-7-16-8-11-33(27(35)36)21(16)15-31/h5-6,9,12-14,16,21H,4,7-8,10-11,15H2,1-3H3,(H,35,36)/t16-,21-/m0/s1. The number of rotatable bonds is 4. The smallest absolute Gasteiger partial charge is 0.407 e. The van der Waals surface area contributed by atoms with Gasteiger partial charge in [0.15, 0.2) is 5.82 Å². The number of imidazole rings is 1. The molecule has 6 rings (SSSR count). The van der Waals surface area contributed by atoms with Crippen LogP contribution < -0.4 is 4.74 Å². The van der Waals surface area contributed by atoms with Crippen LogP contribution in [0.2, 0.25) is 0 Å². The van der Waals surface area contributed by atoms with Gasteiger partial charge in [-0.25, -0.2) is 14.8 Å². The summed E-state index contributed by atoms with van der Waals surface area (Å²) in [7, 11) is 3.54. The van der Waals surface area contributed by atoms with Gasteiger partial charge in [-0.2, -0.15) is 0 Å². The molecule has 2 aliphatic rings. The first kappa shape index (κ1) is 23.3. The summed E-state index contributed by atoms with van der Waals surface area (Å²) in [4.78, 5) is 38.1. The number of ether oxygens (including phenoxy) is 1. The molecule has 1 aromatic carbocycles. The van der Waals surface area contributed by atoms with Gasteiger partial charge in [0, 0.05) is 50.4 Å². The third-order valence-electron chi connectivity index (χ3n) is 8.00. The van der Waals surface area contributed by atoms with Crippen molar-refractivity contribution in [2.24, 2.45) is 13.0 Å². The molecule has 2 amide bonds. The van der Waals surface area contributed by atoms with Gasteiger partial charge >= 0.3 is 6.09 Å². The largest absolute Gasteiger partial charge is 0.494 e. The molecule has 3 aromatic heterocycles. The molecule has 5 heterocycles. The Morgan fingerprint density at radius 3 is 2.76 bits per heavy atom. The average molecular weight is 503 g/mol. The number of aromatic nitrogens is 4. The van der Waals surface area contributed by atoms with Crippen molar-refractivity contribution >= 4 is 34.1 Å². The summed E-state index contributed by atoms with van der Waals surface area (Å²) in [5.41, 5.74) is 3.82. The van der Waals surface area contributed by atoms with Crippen LogP contribution >= 0.6 is 0 Å². The lowest BCUT2D eigenvalue weighted by molar-refractivity contribution is 0.0570. The number of piperidine rings is 1. The van der Waals surface area contributed by atoms with E-state index in [4.69, 9.17) is 9.72 Å². The molecule has 2 fully saturated rings. The lowest BCUT2D eigenvalue weighted by Crippen LogP contribution is -2.51. The highest BCUT2D eigenvalue weighted by Gasteiger charge is 2.42. The van der Waals surface area contributed by atoms with Gasteiger partial charge in [0.25, 0.3) is 5.91 Å². The number of amides is 2. The molecule has 2 aliphatic heterocycles. The van der Waals surface area contributed by atoms with Gasteiger partial charge in [-0.1, -0.05) is 0 Å². The van der Waals surface area contributed by atoms with E-state index < -0.39 is 6.09 Å². The molecule has 0 spiro atoms. The van der Waals surface area contributed by atoms with Crippen LogP contribution in [0.5, 0.6) is 5.75 Å². The first-order valence-corrected chi connectivity index (χ1v) is 12.7. The second-order valence-electron chi connectivity index (χ2n) is 9.86. The molecule has 0 aliphatic carbocycles. The number of benzene rings is 1. The van der Waals surface area contributed by atoms with E-state index in [9.17, 15) is 14.7 Å². The molecule has 10 heteroatoms. The van der Waals surface area contributed by atoms with Crippen molar-refractivity contribution in [2.45, 2.75) is 32.4 Å². The third kappa shape index (κ3) is 3.61. The number of carbonyl (C=O) groups is 2. The fourth-order valence-electron chi connectivity index (χ4n) is 6.16. The number of nitrogens with zero attached hydrogens (tertiary/aromatic N) is 6. The summed E-state index contributed by atoms with van der Waals surface area (Å²) in [5.74, 6) is 1.52. The molecule has 2 atom stereocenters. The maximum absolute atomic E-state index is 13.6. The Hall–Kier alpha value is -4.08. The Morgan fingerprint density at radius 2 is 2.00 bits per heavy atom. The molecule has 0 unspecified atom stereocenters. The monoisotopic (exact) mass is 502 g/mol. The Morgan fingerprint density at radius 1 is 1.19 bits per heavy atom. The fraction of sp³-hybridized carbons (Fsp3) is 0.407. The summed E-state index contributed by atoms with van der Waals surface area (Å²) in [6.45, 7) is 4.38. The molecule has 10 nitrogen and oxygen atoms in total. The molecular formula is C27H30N6O4. The van der Waals surface area contributed by atoms with Crippen molar-refractivity contribution in [3.63, 3.8) is 0 Å². The van der Waals surface area contributed by atoms with Crippen LogP contribution in [0.4, 0.5) is 4.79 Å². The van der Waals surface area contributed by atoms with Gasteiger partial charge in [0.1, 0.15) is 16.9 Å². The SMILES string of the molecule is CCn1c(-c2nc3cc(C(=O)N4CC[C@H]5CCN(C(=O)O)[C@H]5C4)cc(OC)c3n2C)cc2cccnc21. The number of likely N-dealkylation sites (tertiary alicyclic amines) is 2. The van der Waals surface area contributed by atoms with E-state index >= 15 is 0 Å². The Kier molecular flexibility index (Phi) is 5.54. The van der Waals surface area contributed by atoms with Crippen molar-refractivity contribution in [1.82, 2.24) is 28.9 Å². The number of aryl methyl sites for hydroxylation is 2. The predicted molar refractivity (Wildman–Crippen MR) is 139 cm³/mol. The van der Waals surface area contributed by atoms with Crippen LogP contribution in [0.15, 0.2) is 36.5 Å². The zero-order chi connectivity index (χ0) is 25.8. The van der Waals surface area contributed by atoms with Crippen molar-refractivity contribution in [1.29, 1.82) is 0 Å². The minimum Gasteiger partial charge on any atom is -0.494 e. The van der Waals surface area contributed by atoms with E-state index in [2.05, 4.69) is 22.5 Å². The van der Waals surface area contributed by atoms with Crippen LogP contribution in [0.1, 0.15) is 30.1 Å². The van der Waals surface area contributed by atoms with E-state index in [-0.39, 0.29) is 11.9 Å². The number of pyridine rings is 1. The molecule has 37 heavy (non-hydrogen) atoms. The molecule has 4 aromatic rings. The summed E-state index contributed by atoms with van der Waals surface area (Å²) in [5, 5.41) is 10.6. The summed E-state index contributed by atoms with van der Waals surface area (Å²) in [6, 6.07) is 9.49. The Labute approximate surface area is 214 Å². The van der Waals surface area contributed by atoms with Gasteiger partial charge in [-0.15, -0.1) is 0 Å². The Bertz CT molecular complexity index is 1540. The normalized spacial score (nSPS) is 19.5. The van der Waals surface area contributed by atoms with E-state index in [1.54, 1.807) is 24.3 Å². The number of hydrogen-bond acceptors (Lipinski definition) is 5. The number of fused-ring (bicyclic) bond motifs is 3. The van der Waals surface area contributed by atoms with Gasteiger partial charge in [0.05, 0.1) is 24.4 Å². The fourth-order valence-corrected chi connectivity index (χ4v) is 6.16. The van der Waals surface area contributed by atoms with Crippen molar-refractivity contribution in [3.05, 3.63) is 42.1 Å². The van der Waals surface area contributed by atoms with Crippen LogP contribution in [-0.4, -0.2) is 78.8 Å². The molecule has 0 saturated carbocycles. The molecule has 0 radical (unpaired) electrons. The van der Waals surface area contributed by atoms with Crippen LogP contribution in [0.3, 0.4) is 0 Å². The van der Waals surface area contributed by atoms with Gasteiger partial charge in [0.2, 0.25) is 0 Å². The lowest BCUT2D eigenvalue weighted by Gasteiger charge is -2.37. The Balaban J connectivity index is 1.39. The zero-order valence-electron chi connectivity index (χ0n) is 21.2. The van der Waals surface area contributed by atoms with E-state index in [0.29, 0.717) is 42.4 Å². The zero-order valence-corrected chi connectivity index (χ0v) is 21.2. The maximum Gasteiger partial charge on any atom is 0.407 e. The number of carboxylic acid groups (broad SMARTS) is 1. The maximum atomic E-state index is 13.6. The number of methoxy groups -OCH3 is 1. The topological polar surface area (TPSA) is 106 Å². The molecular weight excluding hydrogens is 472 g/mol. The molecule has 2 saturated heterocycles. The van der Waals surface area contributed by atoms with E-state index in [1.807, 2.05) is 29.8 Å².